The fourth-order valence-corrected chi connectivity index (χ4v) is 3.18. The first-order valence-electron chi connectivity index (χ1n) is 7.90. The van der Waals surface area contributed by atoms with Gasteiger partial charge in [-0.15, -0.1) is 0 Å². The minimum absolute atomic E-state index is 0.336. The van der Waals surface area contributed by atoms with E-state index in [1.807, 2.05) is 31.3 Å². The SMILES string of the molecule is Cc1noc(C2CCN(Cc3cn[nH]c3-c3ccccc3)C2)n1. The van der Waals surface area contributed by atoms with Gasteiger partial charge in [0.15, 0.2) is 5.82 Å². The molecule has 0 saturated carbocycles. The average molecular weight is 309 g/mol. The van der Waals surface area contributed by atoms with Crippen LogP contribution in [0, 0.1) is 6.92 Å². The van der Waals surface area contributed by atoms with Gasteiger partial charge in [0, 0.05) is 18.7 Å². The Labute approximate surface area is 134 Å². The number of benzene rings is 1. The molecule has 0 bridgehead atoms. The number of hydrogen-bond donors (Lipinski definition) is 1. The van der Waals surface area contributed by atoms with Crippen LogP contribution >= 0.6 is 0 Å². The summed E-state index contributed by atoms with van der Waals surface area (Å²) >= 11 is 0. The zero-order valence-electron chi connectivity index (χ0n) is 13.1. The Morgan fingerprint density at radius 2 is 2.17 bits per heavy atom. The molecule has 1 aliphatic rings. The molecule has 0 radical (unpaired) electrons. The van der Waals surface area contributed by atoms with Crippen LogP contribution in [0.1, 0.15) is 29.6 Å². The van der Waals surface area contributed by atoms with Crippen LogP contribution in [0.25, 0.3) is 11.3 Å². The highest BCUT2D eigenvalue weighted by molar-refractivity contribution is 5.62. The summed E-state index contributed by atoms with van der Waals surface area (Å²) in [6.45, 7) is 4.72. The van der Waals surface area contributed by atoms with Gasteiger partial charge >= 0.3 is 0 Å². The molecule has 6 nitrogen and oxygen atoms in total. The molecule has 3 aromatic rings. The molecule has 3 heterocycles. The third kappa shape index (κ3) is 2.90. The molecule has 118 valence electrons. The van der Waals surface area contributed by atoms with Gasteiger partial charge in [-0.1, -0.05) is 35.5 Å². The molecule has 1 fully saturated rings. The molecular formula is C17H19N5O. The number of likely N-dealkylation sites (tertiary alicyclic amines) is 1. The summed E-state index contributed by atoms with van der Waals surface area (Å²) in [7, 11) is 0. The summed E-state index contributed by atoms with van der Waals surface area (Å²) in [5.74, 6) is 1.81. The van der Waals surface area contributed by atoms with Crippen LogP contribution in [0.3, 0.4) is 0 Å². The highest BCUT2D eigenvalue weighted by Gasteiger charge is 2.28. The number of hydrogen-bond acceptors (Lipinski definition) is 5. The van der Waals surface area contributed by atoms with Crippen molar-refractivity contribution in [3.63, 3.8) is 0 Å². The largest absolute Gasteiger partial charge is 0.339 e. The molecule has 6 heteroatoms. The third-order valence-electron chi connectivity index (χ3n) is 4.34. The lowest BCUT2D eigenvalue weighted by atomic mass is 10.1. The lowest BCUT2D eigenvalue weighted by molar-refractivity contribution is 0.309. The summed E-state index contributed by atoms with van der Waals surface area (Å²) in [6, 6.07) is 10.3. The summed E-state index contributed by atoms with van der Waals surface area (Å²) < 4.78 is 5.32. The predicted octanol–water partition coefficient (Wildman–Crippen LogP) is 2.76. The zero-order chi connectivity index (χ0) is 15.6. The van der Waals surface area contributed by atoms with Crippen molar-refractivity contribution in [2.45, 2.75) is 25.8 Å². The van der Waals surface area contributed by atoms with Crippen molar-refractivity contribution in [1.82, 2.24) is 25.2 Å². The molecule has 4 rings (SSSR count). The second-order valence-corrected chi connectivity index (χ2v) is 6.04. The highest BCUT2D eigenvalue weighted by Crippen LogP contribution is 2.29. The van der Waals surface area contributed by atoms with Crippen molar-refractivity contribution in [1.29, 1.82) is 0 Å². The zero-order valence-corrected chi connectivity index (χ0v) is 13.1. The van der Waals surface area contributed by atoms with Gasteiger partial charge in [-0.25, -0.2) is 0 Å². The second-order valence-electron chi connectivity index (χ2n) is 6.04. The molecule has 0 spiro atoms. The van der Waals surface area contributed by atoms with E-state index >= 15 is 0 Å². The quantitative estimate of drug-likeness (QED) is 0.802. The number of aryl methyl sites for hydroxylation is 1. The Hall–Kier alpha value is -2.47. The Balaban J connectivity index is 1.47. The van der Waals surface area contributed by atoms with Gasteiger partial charge < -0.3 is 4.52 Å². The van der Waals surface area contributed by atoms with Gasteiger partial charge in [0.25, 0.3) is 0 Å². The topological polar surface area (TPSA) is 70.8 Å². The molecular weight excluding hydrogens is 290 g/mol. The molecule has 1 atom stereocenters. The summed E-state index contributed by atoms with van der Waals surface area (Å²) in [6.07, 6.45) is 2.98. The lowest BCUT2D eigenvalue weighted by Crippen LogP contribution is -2.20. The predicted molar refractivity (Wildman–Crippen MR) is 85.7 cm³/mol. The van der Waals surface area contributed by atoms with Crippen LogP contribution in [0.4, 0.5) is 0 Å². The number of H-pyrrole nitrogens is 1. The molecule has 1 saturated heterocycles. The maximum atomic E-state index is 5.32. The van der Waals surface area contributed by atoms with E-state index in [1.165, 1.54) is 11.1 Å². The van der Waals surface area contributed by atoms with Crippen molar-refractivity contribution in [2.75, 3.05) is 13.1 Å². The van der Waals surface area contributed by atoms with Crippen LogP contribution in [0.2, 0.25) is 0 Å². The minimum atomic E-state index is 0.336. The van der Waals surface area contributed by atoms with Gasteiger partial charge in [0.2, 0.25) is 5.89 Å². The monoisotopic (exact) mass is 309 g/mol. The van der Waals surface area contributed by atoms with Gasteiger partial charge in [-0.05, 0) is 25.5 Å². The van der Waals surface area contributed by atoms with E-state index in [4.69, 9.17) is 4.52 Å². The van der Waals surface area contributed by atoms with E-state index in [1.54, 1.807) is 0 Å². The van der Waals surface area contributed by atoms with Crippen LogP contribution in [-0.4, -0.2) is 38.3 Å². The maximum Gasteiger partial charge on any atom is 0.231 e. The van der Waals surface area contributed by atoms with E-state index in [-0.39, 0.29) is 0 Å². The van der Waals surface area contributed by atoms with Gasteiger partial charge in [0.1, 0.15) is 0 Å². The Bertz CT molecular complexity index is 779. The van der Waals surface area contributed by atoms with E-state index in [0.717, 1.165) is 37.6 Å². The summed E-state index contributed by atoms with van der Waals surface area (Å²) in [5.41, 5.74) is 3.49. The average Bonchev–Trinajstić information content (AvgIpc) is 3.29. The molecule has 2 aromatic heterocycles. The second kappa shape index (κ2) is 5.96. The highest BCUT2D eigenvalue weighted by atomic mass is 16.5. The Morgan fingerprint density at radius 3 is 2.96 bits per heavy atom. The Morgan fingerprint density at radius 1 is 1.30 bits per heavy atom. The van der Waals surface area contributed by atoms with Crippen molar-refractivity contribution in [3.8, 4) is 11.3 Å². The first-order valence-corrected chi connectivity index (χ1v) is 7.90. The van der Waals surface area contributed by atoms with Crippen LogP contribution in [0.5, 0.6) is 0 Å². The van der Waals surface area contributed by atoms with Crippen molar-refractivity contribution >= 4 is 0 Å². The summed E-state index contributed by atoms with van der Waals surface area (Å²) in [4.78, 5) is 6.78. The molecule has 0 amide bonds. The first kappa shape index (κ1) is 14.1. The molecule has 1 aromatic carbocycles. The molecule has 1 N–H and O–H groups in total. The molecule has 23 heavy (non-hydrogen) atoms. The number of aromatic amines is 1. The first-order chi connectivity index (χ1) is 11.3. The van der Waals surface area contributed by atoms with Crippen LogP contribution in [0.15, 0.2) is 41.1 Å². The van der Waals surface area contributed by atoms with Gasteiger partial charge in [-0.2, -0.15) is 10.1 Å². The van der Waals surface area contributed by atoms with Crippen LogP contribution in [-0.2, 0) is 6.54 Å². The number of nitrogens with zero attached hydrogens (tertiary/aromatic N) is 4. The van der Waals surface area contributed by atoms with E-state index in [2.05, 4.69) is 37.4 Å². The molecule has 1 unspecified atom stereocenters. The van der Waals surface area contributed by atoms with E-state index in [0.29, 0.717) is 11.7 Å². The number of nitrogens with one attached hydrogen (secondary N) is 1. The van der Waals surface area contributed by atoms with Crippen LogP contribution < -0.4 is 0 Å². The van der Waals surface area contributed by atoms with Gasteiger partial charge in [-0.3, -0.25) is 10.00 Å². The Kier molecular flexibility index (Phi) is 3.67. The van der Waals surface area contributed by atoms with Crippen molar-refractivity contribution in [3.05, 3.63) is 53.8 Å². The number of rotatable bonds is 4. The third-order valence-corrected chi connectivity index (χ3v) is 4.34. The maximum absolute atomic E-state index is 5.32. The smallest absolute Gasteiger partial charge is 0.231 e. The van der Waals surface area contributed by atoms with E-state index < -0.39 is 0 Å². The molecule has 1 aliphatic heterocycles. The fourth-order valence-electron chi connectivity index (χ4n) is 3.18. The fraction of sp³-hybridized carbons (Fsp3) is 0.353. The van der Waals surface area contributed by atoms with E-state index in [9.17, 15) is 0 Å². The normalized spacial score (nSPS) is 18.6. The minimum Gasteiger partial charge on any atom is -0.339 e. The van der Waals surface area contributed by atoms with Crippen molar-refractivity contribution in [2.24, 2.45) is 0 Å². The molecule has 0 aliphatic carbocycles. The number of aromatic nitrogens is 4. The van der Waals surface area contributed by atoms with Gasteiger partial charge in [0.05, 0.1) is 17.8 Å². The standard InChI is InChI=1S/C17H19N5O/c1-12-19-17(23-21-12)14-7-8-22(10-14)11-15-9-18-20-16(15)13-5-3-2-4-6-13/h2-6,9,14H,7-8,10-11H2,1H3,(H,18,20). The summed E-state index contributed by atoms with van der Waals surface area (Å²) in [5, 5.41) is 11.2. The van der Waals surface area contributed by atoms with Crippen molar-refractivity contribution < 1.29 is 4.52 Å². The lowest BCUT2D eigenvalue weighted by Gasteiger charge is -2.15.